The van der Waals surface area contributed by atoms with Crippen molar-refractivity contribution in [3.05, 3.63) is 70.6 Å². The molecule has 100 valence electrons. The van der Waals surface area contributed by atoms with E-state index in [9.17, 15) is 4.79 Å². The van der Waals surface area contributed by atoms with Crippen LogP contribution in [0.3, 0.4) is 0 Å². The third kappa shape index (κ3) is 2.72. The number of amides is 1. The van der Waals surface area contributed by atoms with Crippen molar-refractivity contribution in [1.29, 1.82) is 0 Å². The van der Waals surface area contributed by atoms with Crippen LogP contribution >= 0.6 is 15.9 Å². The van der Waals surface area contributed by atoms with Crippen molar-refractivity contribution in [3.8, 4) is 0 Å². The van der Waals surface area contributed by atoms with Crippen LogP contribution in [0.4, 0.5) is 0 Å². The summed E-state index contributed by atoms with van der Waals surface area (Å²) in [5.41, 5.74) is 2.57. The van der Waals surface area contributed by atoms with E-state index in [1.54, 1.807) is 18.3 Å². The number of aromatic nitrogens is 2. The second kappa shape index (κ2) is 5.46. The minimum absolute atomic E-state index is 0.0803. The quantitative estimate of drug-likeness (QED) is 0.802. The van der Waals surface area contributed by atoms with Gasteiger partial charge in [-0.15, -0.1) is 0 Å². The summed E-state index contributed by atoms with van der Waals surface area (Å²) in [6.07, 6.45) is 5.60. The van der Waals surface area contributed by atoms with E-state index < -0.39 is 0 Å². The Hall–Kier alpha value is -2.14. The zero-order chi connectivity index (χ0) is 13.9. The summed E-state index contributed by atoms with van der Waals surface area (Å²) in [7, 11) is 0. The first kappa shape index (κ1) is 12.9. The van der Waals surface area contributed by atoms with E-state index in [2.05, 4.69) is 26.2 Å². The van der Waals surface area contributed by atoms with Gasteiger partial charge >= 0.3 is 0 Å². The molecule has 2 heterocycles. The predicted octanol–water partition coefficient (Wildman–Crippen LogP) is 3.03. The average Bonchev–Trinajstić information content (AvgIpc) is 2.93. The van der Waals surface area contributed by atoms with Crippen molar-refractivity contribution in [2.24, 2.45) is 0 Å². The molecule has 0 aliphatic rings. The molecule has 0 saturated heterocycles. The number of hydrogen-bond acceptors (Lipinski definition) is 2. The molecule has 3 aromatic rings. The second-order valence-corrected chi connectivity index (χ2v) is 5.34. The van der Waals surface area contributed by atoms with Crippen molar-refractivity contribution in [2.75, 3.05) is 0 Å². The molecule has 0 fully saturated rings. The van der Waals surface area contributed by atoms with Crippen LogP contribution in [0.15, 0.2) is 59.5 Å². The summed E-state index contributed by atoms with van der Waals surface area (Å²) >= 11 is 3.35. The average molecular weight is 330 g/mol. The minimum Gasteiger partial charge on any atom is -0.348 e. The zero-order valence-corrected chi connectivity index (χ0v) is 12.2. The molecule has 4 nitrogen and oxygen atoms in total. The SMILES string of the molecule is O=C(NCc1ccc2nccn2c1)c1ccc(Br)cc1. The fraction of sp³-hybridized carbons (Fsp3) is 0.0667. The number of fused-ring (bicyclic) bond motifs is 1. The number of carbonyl (C=O) groups excluding carboxylic acids is 1. The Bertz CT molecular complexity index is 749. The Morgan fingerprint density at radius 3 is 2.80 bits per heavy atom. The summed E-state index contributed by atoms with van der Waals surface area (Å²) in [5.74, 6) is -0.0803. The zero-order valence-electron chi connectivity index (χ0n) is 10.6. The van der Waals surface area contributed by atoms with E-state index in [0.717, 1.165) is 15.7 Å². The summed E-state index contributed by atoms with van der Waals surface area (Å²) in [5, 5.41) is 2.90. The van der Waals surface area contributed by atoms with Crippen molar-refractivity contribution < 1.29 is 4.79 Å². The first-order valence-electron chi connectivity index (χ1n) is 6.18. The summed E-state index contributed by atoms with van der Waals surface area (Å²) in [4.78, 5) is 16.2. The molecular weight excluding hydrogens is 318 g/mol. The van der Waals surface area contributed by atoms with Gasteiger partial charge in [-0.3, -0.25) is 4.79 Å². The number of nitrogens with one attached hydrogen (secondary N) is 1. The monoisotopic (exact) mass is 329 g/mol. The minimum atomic E-state index is -0.0803. The van der Waals surface area contributed by atoms with Gasteiger partial charge in [0.2, 0.25) is 0 Å². The number of carbonyl (C=O) groups is 1. The molecule has 3 rings (SSSR count). The Balaban J connectivity index is 1.69. The van der Waals surface area contributed by atoms with Crippen LogP contribution in [0.25, 0.3) is 5.65 Å². The Morgan fingerprint density at radius 2 is 2.00 bits per heavy atom. The molecular formula is C15H12BrN3O. The van der Waals surface area contributed by atoms with Crippen LogP contribution < -0.4 is 5.32 Å². The smallest absolute Gasteiger partial charge is 0.251 e. The second-order valence-electron chi connectivity index (χ2n) is 4.42. The molecule has 0 spiro atoms. The molecule has 0 bridgehead atoms. The first-order valence-corrected chi connectivity index (χ1v) is 6.97. The highest BCUT2D eigenvalue weighted by Crippen LogP contribution is 2.11. The lowest BCUT2D eigenvalue weighted by Gasteiger charge is -2.06. The molecule has 0 atom stereocenters. The molecule has 0 radical (unpaired) electrons. The summed E-state index contributed by atoms with van der Waals surface area (Å²) in [6.45, 7) is 0.489. The highest BCUT2D eigenvalue weighted by molar-refractivity contribution is 9.10. The number of imidazole rings is 1. The molecule has 2 aromatic heterocycles. The third-order valence-electron chi connectivity index (χ3n) is 3.01. The largest absolute Gasteiger partial charge is 0.348 e. The lowest BCUT2D eigenvalue weighted by molar-refractivity contribution is 0.0951. The van der Waals surface area contributed by atoms with Crippen LogP contribution in [0.1, 0.15) is 15.9 Å². The van der Waals surface area contributed by atoms with Gasteiger partial charge in [0.15, 0.2) is 0 Å². The topological polar surface area (TPSA) is 46.4 Å². The van der Waals surface area contributed by atoms with Gasteiger partial charge in [0.1, 0.15) is 5.65 Å². The summed E-state index contributed by atoms with van der Waals surface area (Å²) in [6, 6.07) is 11.2. The van der Waals surface area contributed by atoms with E-state index in [4.69, 9.17) is 0 Å². The van der Waals surface area contributed by atoms with E-state index in [1.807, 2.05) is 41.1 Å². The lowest BCUT2D eigenvalue weighted by Crippen LogP contribution is -2.22. The fourth-order valence-electron chi connectivity index (χ4n) is 1.96. The molecule has 20 heavy (non-hydrogen) atoms. The molecule has 0 saturated carbocycles. The summed E-state index contributed by atoms with van der Waals surface area (Å²) < 4.78 is 2.89. The molecule has 0 aliphatic carbocycles. The number of pyridine rings is 1. The number of rotatable bonds is 3. The normalized spacial score (nSPS) is 10.7. The number of hydrogen-bond donors (Lipinski definition) is 1. The number of nitrogens with zero attached hydrogens (tertiary/aromatic N) is 2. The van der Waals surface area contributed by atoms with Crippen LogP contribution in [-0.4, -0.2) is 15.3 Å². The lowest BCUT2D eigenvalue weighted by atomic mass is 10.2. The van der Waals surface area contributed by atoms with Crippen LogP contribution in [0.2, 0.25) is 0 Å². The van der Waals surface area contributed by atoms with Gasteiger partial charge in [-0.25, -0.2) is 4.98 Å². The Kier molecular flexibility index (Phi) is 3.52. The van der Waals surface area contributed by atoms with Gasteiger partial charge in [-0.2, -0.15) is 0 Å². The van der Waals surface area contributed by atoms with Crippen LogP contribution in [-0.2, 0) is 6.54 Å². The van der Waals surface area contributed by atoms with Crippen LogP contribution in [0.5, 0.6) is 0 Å². The molecule has 1 amide bonds. The molecule has 5 heteroatoms. The Labute approximate surface area is 124 Å². The highest BCUT2D eigenvalue weighted by Gasteiger charge is 2.05. The van der Waals surface area contributed by atoms with E-state index >= 15 is 0 Å². The number of benzene rings is 1. The van der Waals surface area contributed by atoms with E-state index in [0.29, 0.717) is 12.1 Å². The van der Waals surface area contributed by atoms with Gasteiger partial charge in [0.25, 0.3) is 5.91 Å². The number of halogens is 1. The highest BCUT2D eigenvalue weighted by atomic mass is 79.9. The van der Waals surface area contributed by atoms with Gasteiger partial charge in [-0.1, -0.05) is 22.0 Å². The van der Waals surface area contributed by atoms with Gasteiger partial charge in [0, 0.05) is 35.2 Å². The Morgan fingerprint density at radius 1 is 1.20 bits per heavy atom. The maximum absolute atomic E-state index is 12.0. The van der Waals surface area contributed by atoms with E-state index in [1.165, 1.54) is 0 Å². The fourth-order valence-corrected chi connectivity index (χ4v) is 2.22. The van der Waals surface area contributed by atoms with Crippen molar-refractivity contribution in [3.63, 3.8) is 0 Å². The first-order chi connectivity index (χ1) is 9.72. The predicted molar refractivity (Wildman–Crippen MR) is 80.5 cm³/mol. The maximum atomic E-state index is 12.0. The van der Waals surface area contributed by atoms with Gasteiger partial charge < -0.3 is 9.72 Å². The van der Waals surface area contributed by atoms with Crippen molar-refractivity contribution in [2.45, 2.75) is 6.54 Å². The maximum Gasteiger partial charge on any atom is 0.251 e. The van der Waals surface area contributed by atoms with Crippen LogP contribution in [0, 0.1) is 0 Å². The van der Waals surface area contributed by atoms with Gasteiger partial charge in [-0.05, 0) is 35.9 Å². The van der Waals surface area contributed by atoms with Gasteiger partial charge in [0.05, 0.1) is 0 Å². The molecule has 1 aromatic carbocycles. The molecule has 1 N–H and O–H groups in total. The van der Waals surface area contributed by atoms with E-state index in [-0.39, 0.29) is 5.91 Å². The molecule has 0 unspecified atom stereocenters. The standard InChI is InChI=1S/C15H12BrN3O/c16-13-4-2-12(3-5-13)15(20)18-9-11-1-6-14-17-7-8-19(14)10-11/h1-8,10H,9H2,(H,18,20). The van der Waals surface area contributed by atoms with Crippen molar-refractivity contribution in [1.82, 2.24) is 14.7 Å². The molecule has 0 aliphatic heterocycles. The van der Waals surface area contributed by atoms with Crippen molar-refractivity contribution >= 4 is 27.5 Å². The third-order valence-corrected chi connectivity index (χ3v) is 3.54.